The molecule has 1 aromatic carbocycles. The van der Waals surface area contributed by atoms with Crippen molar-refractivity contribution in [1.29, 1.82) is 0 Å². The molecule has 0 spiro atoms. The van der Waals surface area contributed by atoms with Crippen LogP contribution in [-0.2, 0) is 6.42 Å². The van der Waals surface area contributed by atoms with Gasteiger partial charge in [0.1, 0.15) is 5.82 Å². The van der Waals surface area contributed by atoms with E-state index in [0.29, 0.717) is 24.7 Å². The van der Waals surface area contributed by atoms with Gasteiger partial charge in [0.25, 0.3) is 0 Å². The van der Waals surface area contributed by atoms with Crippen LogP contribution in [0.3, 0.4) is 0 Å². The van der Waals surface area contributed by atoms with Crippen molar-refractivity contribution in [3.8, 4) is 0 Å². The highest BCUT2D eigenvalue weighted by molar-refractivity contribution is 5.74. The normalized spacial score (nSPS) is 17.8. The van der Waals surface area contributed by atoms with E-state index in [-0.39, 0.29) is 23.8 Å². The number of aromatic nitrogens is 2. The predicted molar refractivity (Wildman–Crippen MR) is 90.7 cm³/mol. The second-order valence-corrected chi connectivity index (χ2v) is 6.73. The second-order valence-electron chi connectivity index (χ2n) is 6.73. The van der Waals surface area contributed by atoms with Crippen LogP contribution < -0.4 is 5.32 Å². The van der Waals surface area contributed by atoms with Crippen LogP contribution in [0.2, 0.25) is 0 Å². The average molecular weight is 346 g/mol. The minimum absolute atomic E-state index is 0.0502. The summed E-state index contributed by atoms with van der Waals surface area (Å²) in [4.78, 5) is 14.0. The number of likely N-dealkylation sites (tertiary alicyclic amines) is 1. The number of urea groups is 1. The molecule has 2 aromatic rings. The van der Waals surface area contributed by atoms with Crippen molar-refractivity contribution in [2.45, 2.75) is 45.1 Å². The molecule has 25 heavy (non-hydrogen) atoms. The Morgan fingerprint density at radius 3 is 2.84 bits per heavy atom. The predicted octanol–water partition coefficient (Wildman–Crippen LogP) is 3.10. The molecule has 1 N–H and O–H groups in total. The molecule has 134 valence electrons. The summed E-state index contributed by atoms with van der Waals surface area (Å²) in [5.41, 5.74) is 0.915. The number of carbonyl (C=O) groups is 1. The summed E-state index contributed by atoms with van der Waals surface area (Å²) >= 11 is 0. The molecule has 1 saturated heterocycles. The van der Waals surface area contributed by atoms with Crippen LogP contribution >= 0.6 is 0 Å². The number of amides is 2. The zero-order valence-electron chi connectivity index (χ0n) is 14.5. The molecule has 1 aliphatic heterocycles. The lowest BCUT2D eigenvalue weighted by atomic mass is 9.98. The van der Waals surface area contributed by atoms with Crippen molar-refractivity contribution in [1.82, 2.24) is 20.4 Å². The number of nitrogens with zero attached hydrogens (tertiary/aromatic N) is 3. The first kappa shape index (κ1) is 17.4. The van der Waals surface area contributed by atoms with E-state index in [4.69, 9.17) is 4.42 Å². The molecular formula is C18H23FN4O2. The van der Waals surface area contributed by atoms with Gasteiger partial charge >= 0.3 is 6.03 Å². The van der Waals surface area contributed by atoms with Crippen LogP contribution in [-0.4, -0.2) is 40.3 Å². The number of piperidine rings is 1. The topological polar surface area (TPSA) is 71.3 Å². The lowest BCUT2D eigenvalue weighted by molar-refractivity contribution is 0.172. The maximum absolute atomic E-state index is 13.0. The summed E-state index contributed by atoms with van der Waals surface area (Å²) < 4.78 is 18.8. The van der Waals surface area contributed by atoms with Crippen molar-refractivity contribution < 1.29 is 13.6 Å². The van der Waals surface area contributed by atoms with E-state index < -0.39 is 0 Å². The van der Waals surface area contributed by atoms with E-state index in [1.165, 1.54) is 12.1 Å². The van der Waals surface area contributed by atoms with Gasteiger partial charge in [0.05, 0.1) is 12.3 Å². The van der Waals surface area contributed by atoms with Gasteiger partial charge in [0, 0.05) is 19.1 Å². The molecule has 1 aromatic heterocycles. The lowest BCUT2D eigenvalue weighted by Crippen LogP contribution is -2.47. The smallest absolute Gasteiger partial charge is 0.317 e. The summed E-state index contributed by atoms with van der Waals surface area (Å²) in [5.74, 6) is 0.864. The second kappa shape index (κ2) is 7.63. The number of benzene rings is 1. The van der Waals surface area contributed by atoms with Crippen LogP contribution in [0.1, 0.15) is 50.0 Å². The molecule has 0 saturated carbocycles. The van der Waals surface area contributed by atoms with E-state index >= 15 is 0 Å². The number of hydrogen-bond donors (Lipinski definition) is 1. The Hall–Kier alpha value is -2.44. The van der Waals surface area contributed by atoms with Gasteiger partial charge in [0.15, 0.2) is 0 Å². The van der Waals surface area contributed by atoms with Crippen LogP contribution in [0, 0.1) is 5.82 Å². The summed E-state index contributed by atoms with van der Waals surface area (Å²) in [6.07, 6.45) is 2.30. The summed E-state index contributed by atoms with van der Waals surface area (Å²) in [5, 5.41) is 11.2. The van der Waals surface area contributed by atoms with Crippen molar-refractivity contribution in [2.75, 3.05) is 13.1 Å². The van der Waals surface area contributed by atoms with E-state index in [0.717, 1.165) is 24.9 Å². The van der Waals surface area contributed by atoms with E-state index in [9.17, 15) is 9.18 Å². The minimum Gasteiger partial charge on any atom is -0.425 e. The van der Waals surface area contributed by atoms with Crippen LogP contribution in [0.5, 0.6) is 0 Å². The van der Waals surface area contributed by atoms with Gasteiger partial charge in [-0.25, -0.2) is 9.18 Å². The quantitative estimate of drug-likeness (QED) is 0.923. The maximum Gasteiger partial charge on any atom is 0.317 e. The molecular weight excluding hydrogens is 323 g/mol. The average Bonchev–Trinajstić information content (AvgIpc) is 3.05. The van der Waals surface area contributed by atoms with Gasteiger partial charge in [-0.15, -0.1) is 10.2 Å². The maximum atomic E-state index is 13.0. The van der Waals surface area contributed by atoms with Gasteiger partial charge in [0.2, 0.25) is 11.8 Å². The number of hydrogen-bond acceptors (Lipinski definition) is 4. The van der Waals surface area contributed by atoms with E-state index in [2.05, 4.69) is 15.5 Å². The molecule has 1 aliphatic rings. The van der Waals surface area contributed by atoms with Crippen molar-refractivity contribution >= 4 is 6.03 Å². The molecule has 0 bridgehead atoms. The number of rotatable bonds is 4. The summed E-state index contributed by atoms with van der Waals surface area (Å²) in [6.45, 7) is 5.21. The molecule has 6 nitrogen and oxygen atoms in total. The molecule has 1 fully saturated rings. The third-order valence-electron chi connectivity index (χ3n) is 4.22. The highest BCUT2D eigenvalue weighted by Crippen LogP contribution is 2.26. The zero-order valence-corrected chi connectivity index (χ0v) is 14.5. The van der Waals surface area contributed by atoms with Crippen LogP contribution in [0.25, 0.3) is 0 Å². The Balaban J connectivity index is 1.63. The van der Waals surface area contributed by atoms with Crippen molar-refractivity contribution in [2.24, 2.45) is 0 Å². The third kappa shape index (κ3) is 4.55. The Kier molecular flexibility index (Phi) is 5.31. The molecule has 0 aliphatic carbocycles. The van der Waals surface area contributed by atoms with Crippen LogP contribution in [0.4, 0.5) is 9.18 Å². The van der Waals surface area contributed by atoms with Gasteiger partial charge < -0.3 is 14.6 Å². The first-order valence-corrected chi connectivity index (χ1v) is 8.63. The molecule has 7 heteroatoms. The van der Waals surface area contributed by atoms with Gasteiger partial charge in [-0.3, -0.25) is 0 Å². The summed E-state index contributed by atoms with van der Waals surface area (Å²) in [7, 11) is 0. The Morgan fingerprint density at radius 2 is 2.12 bits per heavy atom. The monoisotopic (exact) mass is 346 g/mol. The van der Waals surface area contributed by atoms with Gasteiger partial charge in [-0.1, -0.05) is 12.1 Å². The zero-order chi connectivity index (χ0) is 17.8. The number of halogens is 1. The highest BCUT2D eigenvalue weighted by Gasteiger charge is 2.28. The van der Waals surface area contributed by atoms with Gasteiger partial charge in [-0.05, 0) is 44.4 Å². The van der Waals surface area contributed by atoms with E-state index in [1.54, 1.807) is 17.0 Å². The molecule has 2 amide bonds. The fourth-order valence-corrected chi connectivity index (χ4v) is 2.98. The molecule has 3 rings (SSSR count). The minimum atomic E-state index is -0.267. The number of carbonyl (C=O) groups excluding carboxylic acids is 1. The Labute approximate surface area is 146 Å². The third-order valence-corrected chi connectivity index (χ3v) is 4.22. The fraction of sp³-hybridized carbons (Fsp3) is 0.500. The van der Waals surface area contributed by atoms with E-state index in [1.807, 2.05) is 13.8 Å². The van der Waals surface area contributed by atoms with Crippen molar-refractivity contribution in [3.05, 3.63) is 47.4 Å². The van der Waals surface area contributed by atoms with Crippen molar-refractivity contribution in [3.63, 3.8) is 0 Å². The van der Waals surface area contributed by atoms with Gasteiger partial charge in [-0.2, -0.15) is 0 Å². The first-order chi connectivity index (χ1) is 12.0. The standard InChI is InChI=1S/C18H23FN4O2/c1-12(2)20-18(24)23-9-3-4-14(11-23)17-22-21-16(25-17)10-13-5-7-15(19)8-6-13/h5-8,12,14H,3-4,9-11H2,1-2H3,(H,20,24)/t14-/m1/s1. The highest BCUT2D eigenvalue weighted by atomic mass is 19.1. The van der Waals surface area contributed by atoms with Crippen LogP contribution in [0.15, 0.2) is 28.7 Å². The molecule has 0 unspecified atom stereocenters. The molecule has 1 atom stereocenters. The Morgan fingerprint density at radius 1 is 1.36 bits per heavy atom. The molecule has 0 radical (unpaired) electrons. The summed E-state index contributed by atoms with van der Waals surface area (Å²) in [6, 6.07) is 6.30. The first-order valence-electron chi connectivity index (χ1n) is 8.63. The number of nitrogens with one attached hydrogen (secondary N) is 1. The largest absolute Gasteiger partial charge is 0.425 e. The lowest BCUT2D eigenvalue weighted by Gasteiger charge is -2.31. The Bertz CT molecular complexity index is 714. The SMILES string of the molecule is CC(C)NC(=O)N1CCC[C@@H](c2nnc(Cc3ccc(F)cc3)o2)C1. The molecule has 2 heterocycles. The fourth-order valence-electron chi connectivity index (χ4n) is 2.98.